The van der Waals surface area contributed by atoms with Crippen molar-refractivity contribution in [3.8, 4) is 11.1 Å². The van der Waals surface area contributed by atoms with Gasteiger partial charge in [0.05, 0.1) is 0 Å². The van der Waals surface area contributed by atoms with Crippen LogP contribution < -0.4 is 10.4 Å². The van der Waals surface area contributed by atoms with Gasteiger partial charge in [-0.05, 0) is 91.2 Å². The Morgan fingerprint density at radius 3 is 2.50 bits per heavy atom. The molecule has 0 atom stereocenters. The van der Waals surface area contributed by atoms with Gasteiger partial charge in [-0.3, -0.25) is 0 Å². The smallest absolute Gasteiger partial charge is 0.138 e. The summed E-state index contributed by atoms with van der Waals surface area (Å²) in [6, 6.07) is 14.8. The fraction of sp³-hybridized carbons (Fsp3) is 0.444. The van der Waals surface area contributed by atoms with Crippen LogP contribution in [0.15, 0.2) is 55.1 Å². The maximum atomic E-state index is 10.8. The van der Waals surface area contributed by atoms with E-state index in [4.69, 9.17) is 0 Å². The molecule has 0 heterocycles. The SMILES string of the molecule is C=CCCCC1CCC(c2ccc(-c3ccc(NC(=O)[O-])cc3CCC)cc2)CC1. The van der Waals surface area contributed by atoms with Gasteiger partial charge in [-0.25, -0.2) is 0 Å². The number of rotatable bonds is 9. The highest BCUT2D eigenvalue weighted by Crippen LogP contribution is 2.38. The molecule has 1 fully saturated rings. The summed E-state index contributed by atoms with van der Waals surface area (Å²) in [5, 5.41) is 13.2. The molecule has 0 radical (unpaired) electrons. The second-order valence-corrected chi connectivity index (χ2v) is 8.59. The van der Waals surface area contributed by atoms with E-state index in [-0.39, 0.29) is 0 Å². The molecule has 0 spiro atoms. The standard InChI is InChI=1S/C27H35NO2/c1-3-5-6-8-20-9-11-21(12-10-20)22-13-15-23(16-14-22)26-18-17-25(28-27(29)30)19-24(26)7-4-2/h3,13-21,28H,1,4-12H2,2H3,(H,29,30)/p-1. The van der Waals surface area contributed by atoms with Gasteiger partial charge >= 0.3 is 0 Å². The Morgan fingerprint density at radius 2 is 1.87 bits per heavy atom. The number of unbranched alkanes of at least 4 members (excludes halogenated alkanes) is 1. The van der Waals surface area contributed by atoms with Gasteiger partial charge in [-0.15, -0.1) is 6.58 Å². The van der Waals surface area contributed by atoms with E-state index < -0.39 is 6.09 Å². The van der Waals surface area contributed by atoms with Crippen LogP contribution in [0.4, 0.5) is 10.5 Å². The highest BCUT2D eigenvalue weighted by molar-refractivity contribution is 5.82. The van der Waals surface area contributed by atoms with Gasteiger partial charge in [0, 0.05) is 5.69 Å². The number of hydrogen-bond acceptors (Lipinski definition) is 2. The summed E-state index contributed by atoms with van der Waals surface area (Å²) in [4.78, 5) is 10.8. The lowest BCUT2D eigenvalue weighted by molar-refractivity contribution is -0.242. The van der Waals surface area contributed by atoms with Gasteiger partial charge in [0.25, 0.3) is 0 Å². The minimum atomic E-state index is -1.27. The molecular weight excluding hydrogens is 370 g/mol. The number of carbonyl (C=O) groups is 1. The van der Waals surface area contributed by atoms with Crippen molar-refractivity contribution in [3.05, 3.63) is 66.2 Å². The Labute approximate surface area is 181 Å². The van der Waals surface area contributed by atoms with Crippen molar-refractivity contribution in [3.63, 3.8) is 0 Å². The number of nitrogens with one attached hydrogen (secondary N) is 1. The van der Waals surface area contributed by atoms with Crippen LogP contribution in [0.1, 0.15) is 75.3 Å². The zero-order valence-corrected chi connectivity index (χ0v) is 18.2. The van der Waals surface area contributed by atoms with E-state index in [2.05, 4.69) is 43.1 Å². The van der Waals surface area contributed by atoms with E-state index in [1.165, 1.54) is 55.2 Å². The van der Waals surface area contributed by atoms with Gasteiger partial charge in [-0.2, -0.15) is 0 Å². The predicted octanol–water partition coefficient (Wildman–Crippen LogP) is 6.69. The Kier molecular flexibility index (Phi) is 8.12. The van der Waals surface area contributed by atoms with Gasteiger partial charge in [0.1, 0.15) is 6.09 Å². The van der Waals surface area contributed by atoms with E-state index >= 15 is 0 Å². The van der Waals surface area contributed by atoms with Crippen molar-refractivity contribution >= 4 is 11.8 Å². The quantitative estimate of drug-likeness (QED) is 0.374. The Balaban J connectivity index is 1.67. The molecule has 1 N–H and O–H groups in total. The molecule has 0 aliphatic heterocycles. The summed E-state index contributed by atoms with van der Waals surface area (Å²) < 4.78 is 0. The fourth-order valence-electron chi connectivity index (χ4n) is 4.82. The maximum absolute atomic E-state index is 10.8. The average Bonchev–Trinajstić information content (AvgIpc) is 2.75. The topological polar surface area (TPSA) is 52.2 Å². The predicted molar refractivity (Wildman–Crippen MR) is 124 cm³/mol. The van der Waals surface area contributed by atoms with Crippen LogP contribution in [0.25, 0.3) is 11.1 Å². The number of carboxylic acid groups (broad SMARTS) is 1. The molecule has 3 rings (SSSR count). The minimum absolute atomic E-state index is 0.573. The summed E-state index contributed by atoms with van der Waals surface area (Å²) >= 11 is 0. The van der Waals surface area contributed by atoms with Crippen molar-refractivity contribution in [2.24, 2.45) is 5.92 Å². The summed E-state index contributed by atoms with van der Waals surface area (Å²) in [5.41, 5.74) is 5.56. The molecule has 2 aromatic rings. The second-order valence-electron chi connectivity index (χ2n) is 8.59. The molecule has 1 aliphatic rings. The van der Waals surface area contributed by atoms with Crippen LogP contribution in [-0.4, -0.2) is 6.09 Å². The lowest BCUT2D eigenvalue weighted by Gasteiger charge is -2.29. The third-order valence-electron chi connectivity index (χ3n) is 6.43. The van der Waals surface area contributed by atoms with E-state index in [9.17, 15) is 9.90 Å². The maximum Gasteiger partial charge on any atom is 0.138 e. The largest absolute Gasteiger partial charge is 0.530 e. The van der Waals surface area contributed by atoms with Gasteiger partial charge < -0.3 is 15.2 Å². The van der Waals surface area contributed by atoms with Gasteiger partial charge in [0.2, 0.25) is 0 Å². The first-order valence-electron chi connectivity index (χ1n) is 11.4. The Morgan fingerprint density at radius 1 is 1.13 bits per heavy atom. The molecule has 160 valence electrons. The van der Waals surface area contributed by atoms with Gasteiger partial charge in [-0.1, -0.05) is 56.2 Å². The fourth-order valence-corrected chi connectivity index (χ4v) is 4.82. The molecular formula is C27H34NO2-. The Bertz CT molecular complexity index is 832. The van der Waals surface area contributed by atoms with E-state index in [0.29, 0.717) is 11.6 Å². The number of anilines is 1. The van der Waals surface area contributed by atoms with E-state index in [1.54, 1.807) is 0 Å². The molecule has 3 nitrogen and oxygen atoms in total. The molecule has 1 saturated carbocycles. The molecule has 1 aliphatic carbocycles. The first kappa shape index (κ1) is 22.1. The Hall–Kier alpha value is -2.55. The van der Waals surface area contributed by atoms with Crippen molar-refractivity contribution < 1.29 is 9.90 Å². The zero-order valence-electron chi connectivity index (χ0n) is 18.2. The summed E-state index contributed by atoms with van der Waals surface area (Å²) in [6.07, 6.45) is 11.7. The van der Waals surface area contributed by atoms with Crippen LogP contribution in [-0.2, 0) is 6.42 Å². The highest BCUT2D eigenvalue weighted by atomic mass is 16.4. The number of allylic oxidation sites excluding steroid dienone is 1. The minimum Gasteiger partial charge on any atom is -0.530 e. The van der Waals surface area contributed by atoms with Crippen LogP contribution in [0.2, 0.25) is 0 Å². The molecule has 0 aromatic heterocycles. The number of carbonyl (C=O) groups excluding carboxylic acids is 1. The summed E-state index contributed by atoms with van der Waals surface area (Å²) in [6.45, 7) is 5.96. The summed E-state index contributed by atoms with van der Waals surface area (Å²) in [7, 11) is 0. The second kappa shape index (κ2) is 11.0. The third kappa shape index (κ3) is 5.98. The number of amides is 1. The van der Waals surface area contributed by atoms with Crippen LogP contribution in [0.3, 0.4) is 0 Å². The highest BCUT2D eigenvalue weighted by Gasteiger charge is 2.22. The zero-order chi connectivity index (χ0) is 21.3. The molecule has 0 saturated heterocycles. The lowest BCUT2D eigenvalue weighted by Crippen LogP contribution is -2.28. The molecule has 30 heavy (non-hydrogen) atoms. The first-order valence-corrected chi connectivity index (χ1v) is 11.4. The molecule has 0 unspecified atom stereocenters. The third-order valence-corrected chi connectivity index (χ3v) is 6.43. The monoisotopic (exact) mass is 404 g/mol. The van der Waals surface area contributed by atoms with E-state index in [0.717, 1.165) is 30.7 Å². The molecule has 2 aromatic carbocycles. The van der Waals surface area contributed by atoms with Crippen LogP contribution >= 0.6 is 0 Å². The summed E-state index contributed by atoms with van der Waals surface area (Å²) in [5.74, 6) is 1.57. The van der Waals surface area contributed by atoms with Crippen molar-refractivity contribution in [1.82, 2.24) is 0 Å². The van der Waals surface area contributed by atoms with Crippen molar-refractivity contribution in [1.29, 1.82) is 0 Å². The normalized spacial score (nSPS) is 18.7. The number of aryl methyl sites for hydroxylation is 1. The first-order chi connectivity index (χ1) is 14.6. The number of hydrogen-bond donors (Lipinski definition) is 1. The average molecular weight is 405 g/mol. The van der Waals surface area contributed by atoms with Crippen molar-refractivity contribution in [2.45, 2.75) is 70.6 Å². The van der Waals surface area contributed by atoms with E-state index in [1.807, 2.05) is 24.3 Å². The molecule has 3 heteroatoms. The van der Waals surface area contributed by atoms with Crippen LogP contribution in [0, 0.1) is 5.92 Å². The lowest BCUT2D eigenvalue weighted by atomic mass is 9.77. The van der Waals surface area contributed by atoms with Crippen LogP contribution in [0.5, 0.6) is 0 Å². The molecule has 0 bridgehead atoms. The number of benzene rings is 2. The molecule has 1 amide bonds. The van der Waals surface area contributed by atoms with Crippen molar-refractivity contribution in [2.75, 3.05) is 5.32 Å². The van der Waals surface area contributed by atoms with Gasteiger partial charge in [0.15, 0.2) is 0 Å².